The van der Waals surface area contributed by atoms with E-state index in [1.807, 2.05) is 52.9 Å². The van der Waals surface area contributed by atoms with Crippen LogP contribution in [0.15, 0.2) is 65.6 Å². The van der Waals surface area contributed by atoms with E-state index in [1.165, 1.54) is 24.2 Å². The van der Waals surface area contributed by atoms with Crippen molar-refractivity contribution in [1.82, 2.24) is 24.6 Å². The molecule has 1 aliphatic rings. The van der Waals surface area contributed by atoms with E-state index in [9.17, 15) is 9.59 Å². The maximum absolute atomic E-state index is 13.6. The highest BCUT2D eigenvalue weighted by atomic mass is 32.1. The topological polar surface area (TPSA) is 91.6 Å². The van der Waals surface area contributed by atoms with Crippen LogP contribution in [0.3, 0.4) is 0 Å². The van der Waals surface area contributed by atoms with E-state index in [0.29, 0.717) is 15.9 Å². The van der Waals surface area contributed by atoms with Gasteiger partial charge in [-0.15, -0.1) is 11.3 Å². The van der Waals surface area contributed by atoms with Crippen molar-refractivity contribution in [1.29, 1.82) is 0 Å². The first-order chi connectivity index (χ1) is 17.7. The highest BCUT2D eigenvalue weighted by molar-refractivity contribution is 7.24. The summed E-state index contributed by atoms with van der Waals surface area (Å²) in [4.78, 5) is 39.1. The molecule has 1 aliphatic heterocycles. The van der Waals surface area contributed by atoms with E-state index in [4.69, 9.17) is 4.98 Å². The molecule has 36 heavy (non-hydrogen) atoms. The summed E-state index contributed by atoms with van der Waals surface area (Å²) in [6.45, 7) is 4.29. The molecule has 0 unspecified atom stereocenters. The van der Waals surface area contributed by atoms with Crippen LogP contribution < -0.4 is 16.1 Å². The molecular weight excluding hydrogens is 472 g/mol. The van der Waals surface area contributed by atoms with Gasteiger partial charge < -0.3 is 15.5 Å². The number of nitrogens with one attached hydrogen (secondary N) is 2. The lowest BCUT2D eigenvalue weighted by molar-refractivity contribution is 0.0951. The van der Waals surface area contributed by atoms with Gasteiger partial charge in [0.25, 0.3) is 5.91 Å². The SMILES string of the molecule is O=C(NCc1ccccn1)c1c(=O)c2ccc(NCCN3CCCC3)nc2n2c1sc1ccccc12. The van der Waals surface area contributed by atoms with E-state index in [1.54, 1.807) is 12.3 Å². The summed E-state index contributed by atoms with van der Waals surface area (Å²) in [5.74, 6) is 0.307. The molecule has 6 rings (SSSR count). The van der Waals surface area contributed by atoms with Crippen molar-refractivity contribution < 1.29 is 4.79 Å². The van der Waals surface area contributed by atoms with Crippen molar-refractivity contribution >= 4 is 49.1 Å². The molecule has 9 heteroatoms. The number of amides is 1. The number of rotatable bonds is 7. The number of benzene rings is 1. The fourth-order valence-corrected chi connectivity index (χ4v) is 5.98. The van der Waals surface area contributed by atoms with Gasteiger partial charge in [-0.1, -0.05) is 18.2 Å². The van der Waals surface area contributed by atoms with E-state index in [-0.39, 0.29) is 17.5 Å². The van der Waals surface area contributed by atoms with Crippen LogP contribution in [0, 0.1) is 0 Å². The van der Waals surface area contributed by atoms with Crippen molar-refractivity contribution in [2.24, 2.45) is 0 Å². The number of nitrogens with zero attached hydrogens (tertiary/aromatic N) is 4. The average molecular weight is 499 g/mol. The first-order valence-corrected chi connectivity index (χ1v) is 13.0. The average Bonchev–Trinajstić information content (AvgIpc) is 3.56. The van der Waals surface area contributed by atoms with Crippen LogP contribution >= 0.6 is 11.3 Å². The number of fused-ring (bicyclic) bond motifs is 5. The van der Waals surface area contributed by atoms with Crippen LogP contribution in [0.4, 0.5) is 5.82 Å². The highest BCUT2D eigenvalue weighted by Gasteiger charge is 2.23. The lowest BCUT2D eigenvalue weighted by Gasteiger charge is -2.15. The van der Waals surface area contributed by atoms with Crippen molar-refractivity contribution in [2.45, 2.75) is 19.4 Å². The summed E-state index contributed by atoms with van der Waals surface area (Å²) in [6.07, 6.45) is 4.20. The first kappa shape index (κ1) is 22.6. The van der Waals surface area contributed by atoms with Gasteiger partial charge >= 0.3 is 0 Å². The Balaban J connectivity index is 1.41. The maximum atomic E-state index is 13.6. The van der Waals surface area contributed by atoms with Gasteiger partial charge in [0.1, 0.15) is 16.2 Å². The molecule has 5 aromatic rings. The second-order valence-electron chi connectivity index (χ2n) is 8.96. The van der Waals surface area contributed by atoms with Gasteiger partial charge in [0, 0.05) is 19.3 Å². The molecule has 1 amide bonds. The second kappa shape index (κ2) is 9.67. The third-order valence-corrected chi connectivity index (χ3v) is 7.75. The Labute approximate surface area is 211 Å². The van der Waals surface area contributed by atoms with Crippen LogP contribution in [0.5, 0.6) is 0 Å². The Hall–Kier alpha value is -3.82. The minimum atomic E-state index is -0.413. The lowest BCUT2D eigenvalue weighted by atomic mass is 10.1. The molecule has 1 fully saturated rings. The number of para-hydroxylation sites is 1. The second-order valence-corrected chi connectivity index (χ2v) is 9.99. The summed E-state index contributed by atoms with van der Waals surface area (Å²) >= 11 is 1.43. The van der Waals surface area contributed by atoms with Crippen LogP contribution in [0.25, 0.3) is 26.1 Å². The molecule has 8 nitrogen and oxygen atoms in total. The Morgan fingerprint density at radius 2 is 1.86 bits per heavy atom. The van der Waals surface area contributed by atoms with Crippen molar-refractivity contribution in [3.8, 4) is 0 Å². The molecule has 0 aliphatic carbocycles. The highest BCUT2D eigenvalue weighted by Crippen LogP contribution is 2.31. The van der Waals surface area contributed by atoms with Crippen molar-refractivity contribution in [3.63, 3.8) is 0 Å². The minimum Gasteiger partial charge on any atom is -0.369 e. The molecule has 5 heterocycles. The van der Waals surface area contributed by atoms with Crippen molar-refractivity contribution in [3.05, 3.63) is 82.3 Å². The van der Waals surface area contributed by atoms with Gasteiger partial charge in [-0.25, -0.2) is 4.98 Å². The maximum Gasteiger partial charge on any atom is 0.258 e. The fourth-order valence-electron chi connectivity index (χ4n) is 4.80. The van der Waals surface area contributed by atoms with Gasteiger partial charge in [-0.2, -0.15) is 0 Å². The van der Waals surface area contributed by atoms with Gasteiger partial charge in [-0.3, -0.25) is 19.0 Å². The Morgan fingerprint density at radius 3 is 2.69 bits per heavy atom. The number of thiazole rings is 1. The minimum absolute atomic E-state index is 0.135. The summed E-state index contributed by atoms with van der Waals surface area (Å²) < 4.78 is 2.93. The largest absolute Gasteiger partial charge is 0.369 e. The van der Waals surface area contributed by atoms with E-state index in [2.05, 4.69) is 20.5 Å². The fraction of sp³-hybridized carbons (Fsp3) is 0.259. The normalized spacial score (nSPS) is 14.1. The molecular formula is C27H26N6O2S. The molecule has 0 radical (unpaired) electrons. The smallest absolute Gasteiger partial charge is 0.258 e. The molecule has 0 bridgehead atoms. The van der Waals surface area contributed by atoms with Gasteiger partial charge in [0.05, 0.1) is 27.8 Å². The number of pyridine rings is 3. The van der Waals surface area contributed by atoms with E-state index >= 15 is 0 Å². The molecule has 1 saturated heterocycles. The number of hydrogen-bond acceptors (Lipinski definition) is 7. The van der Waals surface area contributed by atoms with Crippen molar-refractivity contribution in [2.75, 3.05) is 31.5 Å². The van der Waals surface area contributed by atoms with Crippen LogP contribution in [-0.4, -0.2) is 51.4 Å². The zero-order valence-electron chi connectivity index (χ0n) is 19.7. The predicted octanol–water partition coefficient (Wildman–Crippen LogP) is 3.90. The number of aromatic nitrogens is 3. The molecule has 1 aromatic carbocycles. The Kier molecular flexibility index (Phi) is 6.08. The van der Waals surface area contributed by atoms with Crippen LogP contribution in [-0.2, 0) is 6.54 Å². The standard InChI is InChI=1S/C27H26N6O2S/c34-24-19-10-11-22(29-13-16-32-14-5-6-15-32)31-25(19)33-20-8-1-2-9-21(20)36-27(33)23(24)26(35)30-17-18-7-3-4-12-28-18/h1-4,7-12H,5-6,13-17H2,(H,29,31)(H,30,35). The quantitative estimate of drug-likeness (QED) is 0.354. The number of hydrogen-bond donors (Lipinski definition) is 2. The van der Waals surface area contributed by atoms with Gasteiger partial charge in [0.2, 0.25) is 5.43 Å². The summed E-state index contributed by atoms with van der Waals surface area (Å²) in [6, 6.07) is 17.0. The number of likely N-dealkylation sites (tertiary alicyclic amines) is 1. The van der Waals surface area contributed by atoms with Gasteiger partial charge in [-0.05, 0) is 62.3 Å². The first-order valence-electron chi connectivity index (χ1n) is 12.2. The third kappa shape index (κ3) is 4.20. The number of carbonyl (C=O) groups is 1. The molecule has 182 valence electrons. The molecule has 0 spiro atoms. The molecule has 2 N–H and O–H groups in total. The monoisotopic (exact) mass is 498 g/mol. The summed E-state index contributed by atoms with van der Waals surface area (Å²) in [5.41, 5.74) is 2.02. The molecule has 4 aromatic heterocycles. The summed E-state index contributed by atoms with van der Waals surface area (Å²) in [7, 11) is 0. The third-order valence-electron chi connectivity index (χ3n) is 6.60. The number of carbonyl (C=O) groups excluding carboxylic acids is 1. The van der Waals surface area contributed by atoms with Crippen LogP contribution in [0.1, 0.15) is 28.9 Å². The zero-order chi connectivity index (χ0) is 24.5. The number of anilines is 1. The lowest BCUT2D eigenvalue weighted by Crippen LogP contribution is -2.29. The van der Waals surface area contributed by atoms with E-state index in [0.717, 1.165) is 47.9 Å². The summed E-state index contributed by atoms with van der Waals surface area (Å²) in [5, 5.41) is 6.71. The van der Waals surface area contributed by atoms with Crippen LogP contribution in [0.2, 0.25) is 0 Å². The van der Waals surface area contributed by atoms with E-state index < -0.39 is 5.91 Å². The Morgan fingerprint density at radius 1 is 1.03 bits per heavy atom. The Bertz CT molecular complexity index is 1620. The zero-order valence-corrected chi connectivity index (χ0v) is 20.6. The molecule has 0 saturated carbocycles. The van der Waals surface area contributed by atoms with Gasteiger partial charge in [0.15, 0.2) is 5.65 Å². The predicted molar refractivity (Wildman–Crippen MR) is 144 cm³/mol. The molecule has 0 atom stereocenters.